The molecule has 0 N–H and O–H groups in total. The van der Waals surface area contributed by atoms with E-state index in [4.69, 9.17) is 14.5 Å². The van der Waals surface area contributed by atoms with Gasteiger partial charge in [0.2, 0.25) is 0 Å². The minimum absolute atomic E-state index is 0.151. The summed E-state index contributed by atoms with van der Waals surface area (Å²) in [6.45, 7) is 3.73. The first-order chi connectivity index (χ1) is 18.2. The molecule has 0 saturated heterocycles. The second kappa shape index (κ2) is 9.98. The Hall–Kier alpha value is -4.31. The van der Waals surface area contributed by atoms with Gasteiger partial charge in [0.25, 0.3) is 0 Å². The third-order valence-electron chi connectivity index (χ3n) is 7.18. The molecule has 0 spiro atoms. The van der Waals surface area contributed by atoms with E-state index in [-0.39, 0.29) is 5.92 Å². The monoisotopic (exact) mass is 486 g/mol. The minimum Gasteiger partial charge on any atom is -0.497 e. The lowest BCUT2D eigenvalue weighted by Gasteiger charge is -2.16. The van der Waals surface area contributed by atoms with Gasteiger partial charge in [-0.2, -0.15) is 0 Å². The molecule has 0 fully saturated rings. The number of fused-ring (bicyclic) bond motifs is 3. The quantitative estimate of drug-likeness (QED) is 0.205. The first-order valence-corrected chi connectivity index (χ1v) is 12.8. The molecule has 0 aliphatic rings. The van der Waals surface area contributed by atoms with Crippen LogP contribution in [0.15, 0.2) is 103 Å². The summed E-state index contributed by atoms with van der Waals surface area (Å²) in [5, 5.41) is 4.73. The minimum atomic E-state index is 0.151. The Balaban J connectivity index is 1.25. The summed E-state index contributed by atoms with van der Waals surface area (Å²) in [5.41, 5.74) is 3.45. The van der Waals surface area contributed by atoms with Crippen molar-refractivity contribution in [3.05, 3.63) is 115 Å². The predicted molar refractivity (Wildman–Crippen MR) is 152 cm³/mol. The fraction of sp³-hybridized carbons (Fsp3) is 0.182. The fourth-order valence-electron chi connectivity index (χ4n) is 5.17. The summed E-state index contributed by atoms with van der Waals surface area (Å²) < 4.78 is 14.0. The number of hydrogen-bond acceptors (Lipinski definition) is 3. The molecule has 1 heterocycles. The molecule has 0 aliphatic carbocycles. The Labute approximate surface area is 217 Å². The van der Waals surface area contributed by atoms with E-state index in [1.807, 2.05) is 6.07 Å². The SMILES string of the molecule is COc1ccc2cc(C(C)c3nc4ccccc4n3CCCOc3cccc4ccccc34)ccc2c1. The summed E-state index contributed by atoms with van der Waals surface area (Å²) >= 11 is 0. The highest BCUT2D eigenvalue weighted by Gasteiger charge is 2.18. The number of benzene rings is 5. The number of methoxy groups -OCH3 is 1. The third kappa shape index (κ3) is 4.51. The van der Waals surface area contributed by atoms with Crippen LogP contribution in [0.25, 0.3) is 32.6 Å². The Bertz CT molecular complexity index is 1700. The van der Waals surface area contributed by atoms with E-state index in [0.717, 1.165) is 41.2 Å². The molecule has 0 aliphatic heterocycles. The number of ether oxygens (including phenoxy) is 2. The molecule has 0 radical (unpaired) electrons. The molecule has 4 heteroatoms. The molecular formula is C33H30N2O2. The van der Waals surface area contributed by atoms with Gasteiger partial charge in [0.1, 0.15) is 17.3 Å². The molecule has 5 aromatic carbocycles. The van der Waals surface area contributed by atoms with Crippen molar-refractivity contribution in [2.75, 3.05) is 13.7 Å². The van der Waals surface area contributed by atoms with Gasteiger partial charge >= 0.3 is 0 Å². The van der Waals surface area contributed by atoms with Crippen LogP contribution in [0.4, 0.5) is 0 Å². The van der Waals surface area contributed by atoms with Crippen LogP contribution in [0.5, 0.6) is 11.5 Å². The average molecular weight is 487 g/mol. The van der Waals surface area contributed by atoms with Gasteiger partial charge in [0.05, 0.1) is 24.8 Å². The number of hydrogen-bond donors (Lipinski definition) is 0. The zero-order valence-corrected chi connectivity index (χ0v) is 21.2. The van der Waals surface area contributed by atoms with Crippen LogP contribution in [0, 0.1) is 0 Å². The second-order valence-corrected chi connectivity index (χ2v) is 9.48. The topological polar surface area (TPSA) is 36.3 Å². The van der Waals surface area contributed by atoms with Crippen molar-refractivity contribution in [3.8, 4) is 11.5 Å². The maximum Gasteiger partial charge on any atom is 0.127 e. The molecule has 0 amide bonds. The lowest BCUT2D eigenvalue weighted by molar-refractivity contribution is 0.305. The number of nitrogens with zero attached hydrogens (tertiary/aromatic N) is 2. The summed E-state index contributed by atoms with van der Waals surface area (Å²) in [7, 11) is 1.70. The van der Waals surface area contributed by atoms with Crippen molar-refractivity contribution in [1.29, 1.82) is 0 Å². The lowest BCUT2D eigenvalue weighted by atomic mass is 9.97. The van der Waals surface area contributed by atoms with Gasteiger partial charge in [-0.25, -0.2) is 4.98 Å². The smallest absolute Gasteiger partial charge is 0.127 e. The van der Waals surface area contributed by atoms with E-state index >= 15 is 0 Å². The highest BCUT2D eigenvalue weighted by Crippen LogP contribution is 2.31. The van der Waals surface area contributed by atoms with Gasteiger partial charge < -0.3 is 14.0 Å². The molecule has 184 valence electrons. The number of aromatic nitrogens is 2. The van der Waals surface area contributed by atoms with E-state index in [0.29, 0.717) is 6.61 Å². The molecular weight excluding hydrogens is 456 g/mol. The van der Waals surface area contributed by atoms with Gasteiger partial charge in [-0.05, 0) is 58.5 Å². The highest BCUT2D eigenvalue weighted by atomic mass is 16.5. The highest BCUT2D eigenvalue weighted by molar-refractivity contribution is 5.88. The predicted octanol–water partition coefficient (Wildman–Crippen LogP) is 7.97. The van der Waals surface area contributed by atoms with E-state index in [2.05, 4.69) is 109 Å². The molecule has 1 atom stereocenters. The van der Waals surface area contributed by atoms with E-state index < -0.39 is 0 Å². The molecule has 0 saturated carbocycles. The van der Waals surface area contributed by atoms with Crippen LogP contribution < -0.4 is 9.47 Å². The normalized spacial score (nSPS) is 12.3. The summed E-state index contributed by atoms with van der Waals surface area (Å²) in [5.74, 6) is 3.05. The molecule has 37 heavy (non-hydrogen) atoms. The Kier molecular flexibility index (Phi) is 6.23. The molecule has 0 bridgehead atoms. The molecule has 6 rings (SSSR count). The molecule has 1 unspecified atom stereocenters. The first kappa shape index (κ1) is 23.1. The third-order valence-corrected chi connectivity index (χ3v) is 7.18. The van der Waals surface area contributed by atoms with Crippen molar-refractivity contribution in [1.82, 2.24) is 9.55 Å². The van der Waals surface area contributed by atoms with Gasteiger partial charge in [-0.15, -0.1) is 0 Å². The molecule has 6 aromatic rings. The summed E-state index contributed by atoms with van der Waals surface area (Å²) in [6, 6.07) is 35.9. The van der Waals surface area contributed by atoms with Crippen LogP contribution in [0.1, 0.15) is 30.7 Å². The molecule has 4 nitrogen and oxygen atoms in total. The zero-order valence-electron chi connectivity index (χ0n) is 21.2. The Morgan fingerprint density at radius 1 is 0.784 bits per heavy atom. The summed E-state index contributed by atoms with van der Waals surface area (Å²) in [6.07, 6.45) is 0.890. The van der Waals surface area contributed by atoms with Crippen molar-refractivity contribution in [2.45, 2.75) is 25.8 Å². The van der Waals surface area contributed by atoms with Gasteiger partial charge in [0.15, 0.2) is 0 Å². The second-order valence-electron chi connectivity index (χ2n) is 9.48. The number of rotatable bonds is 8. The largest absolute Gasteiger partial charge is 0.497 e. The van der Waals surface area contributed by atoms with Crippen LogP contribution >= 0.6 is 0 Å². The van der Waals surface area contributed by atoms with Crippen molar-refractivity contribution >= 4 is 32.6 Å². The molecule has 1 aromatic heterocycles. The Morgan fingerprint density at radius 3 is 2.49 bits per heavy atom. The van der Waals surface area contributed by atoms with Crippen molar-refractivity contribution in [2.24, 2.45) is 0 Å². The van der Waals surface area contributed by atoms with Crippen LogP contribution in [0.2, 0.25) is 0 Å². The van der Waals surface area contributed by atoms with Gasteiger partial charge in [-0.3, -0.25) is 0 Å². The number of aryl methyl sites for hydroxylation is 1. The standard InChI is InChI=1S/C33H30N2O2/c1-23(25-15-16-27-22-28(36-2)18-17-26(27)21-25)33-34-30-12-5-6-13-31(30)35(33)19-8-20-37-32-14-7-10-24-9-3-4-11-29(24)32/h3-7,9-18,21-23H,8,19-20H2,1-2H3. The lowest BCUT2D eigenvalue weighted by Crippen LogP contribution is -2.11. The van der Waals surface area contributed by atoms with Crippen LogP contribution in [-0.2, 0) is 6.54 Å². The van der Waals surface area contributed by atoms with E-state index in [9.17, 15) is 0 Å². The Morgan fingerprint density at radius 2 is 1.57 bits per heavy atom. The van der Waals surface area contributed by atoms with Gasteiger partial charge in [0, 0.05) is 17.8 Å². The van der Waals surface area contributed by atoms with E-state index in [1.54, 1.807) is 7.11 Å². The zero-order chi connectivity index (χ0) is 25.2. The van der Waals surface area contributed by atoms with E-state index in [1.165, 1.54) is 27.2 Å². The fourth-order valence-corrected chi connectivity index (χ4v) is 5.17. The van der Waals surface area contributed by atoms with Crippen molar-refractivity contribution in [3.63, 3.8) is 0 Å². The first-order valence-electron chi connectivity index (χ1n) is 12.8. The maximum absolute atomic E-state index is 6.24. The number of para-hydroxylation sites is 2. The summed E-state index contributed by atoms with van der Waals surface area (Å²) in [4.78, 5) is 5.08. The average Bonchev–Trinajstić information content (AvgIpc) is 3.33. The van der Waals surface area contributed by atoms with Crippen LogP contribution in [0.3, 0.4) is 0 Å². The van der Waals surface area contributed by atoms with Crippen LogP contribution in [-0.4, -0.2) is 23.3 Å². The maximum atomic E-state index is 6.24. The number of imidazole rings is 1. The van der Waals surface area contributed by atoms with Crippen molar-refractivity contribution < 1.29 is 9.47 Å². The van der Waals surface area contributed by atoms with Gasteiger partial charge in [-0.1, -0.05) is 79.7 Å².